The standard InChI is InChI=1S/C27H28O4S/c1-17(2)21-6-4-5-7-22(21)27-26(23-14-11-19(28)16-24(23)32-27)31-20-12-8-18(9-13-20)10-15-25(29)30-3/h4,6,8,10-12,14-17,28H,5,7,9,13H2,1-3H3/b15-10+. The van der Waals surface area contributed by atoms with Gasteiger partial charge < -0.3 is 14.6 Å². The Morgan fingerprint density at radius 3 is 2.75 bits per heavy atom. The molecule has 1 heterocycles. The van der Waals surface area contributed by atoms with Crippen LogP contribution in [0.2, 0.25) is 0 Å². The molecular formula is C27H28O4S. The molecule has 4 nitrogen and oxygen atoms in total. The normalized spacial score (nSPS) is 16.6. The third kappa shape index (κ3) is 4.73. The summed E-state index contributed by atoms with van der Waals surface area (Å²) in [7, 11) is 1.37. The molecule has 5 heteroatoms. The first kappa shape index (κ1) is 22.2. The molecule has 4 rings (SSSR count). The van der Waals surface area contributed by atoms with Crippen LogP contribution in [-0.4, -0.2) is 18.2 Å². The molecule has 0 bridgehead atoms. The van der Waals surface area contributed by atoms with Gasteiger partial charge in [0.2, 0.25) is 0 Å². The van der Waals surface area contributed by atoms with E-state index in [1.54, 1.807) is 23.5 Å². The van der Waals surface area contributed by atoms with Gasteiger partial charge in [0.15, 0.2) is 5.75 Å². The Morgan fingerprint density at radius 1 is 1.19 bits per heavy atom. The van der Waals surface area contributed by atoms with E-state index >= 15 is 0 Å². The predicted octanol–water partition coefficient (Wildman–Crippen LogP) is 7.08. The highest BCUT2D eigenvalue weighted by molar-refractivity contribution is 7.20. The van der Waals surface area contributed by atoms with Crippen LogP contribution in [0.5, 0.6) is 11.5 Å². The molecule has 2 aromatic rings. The highest BCUT2D eigenvalue weighted by Crippen LogP contribution is 2.47. The van der Waals surface area contributed by atoms with E-state index in [9.17, 15) is 9.90 Å². The molecule has 0 spiro atoms. The summed E-state index contributed by atoms with van der Waals surface area (Å²) in [5, 5.41) is 11.0. The molecule has 2 aliphatic carbocycles. The number of carbonyl (C=O) groups excluding carboxylic acids is 1. The van der Waals surface area contributed by atoms with Crippen LogP contribution in [-0.2, 0) is 9.53 Å². The molecule has 0 amide bonds. The molecule has 166 valence electrons. The van der Waals surface area contributed by atoms with Crippen molar-refractivity contribution >= 4 is 33.0 Å². The Balaban J connectivity index is 1.73. The van der Waals surface area contributed by atoms with Crippen molar-refractivity contribution < 1.29 is 19.4 Å². The number of fused-ring (bicyclic) bond motifs is 1. The lowest BCUT2D eigenvalue weighted by Gasteiger charge is -2.20. The van der Waals surface area contributed by atoms with Crippen molar-refractivity contribution in [2.75, 3.05) is 7.11 Å². The van der Waals surface area contributed by atoms with Gasteiger partial charge >= 0.3 is 5.97 Å². The van der Waals surface area contributed by atoms with Gasteiger partial charge in [0.05, 0.1) is 12.0 Å². The molecule has 0 saturated carbocycles. The van der Waals surface area contributed by atoms with Crippen molar-refractivity contribution in [3.63, 3.8) is 0 Å². The molecule has 1 aromatic heterocycles. The molecule has 0 unspecified atom stereocenters. The Kier molecular flexibility index (Phi) is 6.66. The second kappa shape index (κ2) is 9.61. The number of phenols is 1. The number of carbonyl (C=O) groups is 1. The zero-order valence-electron chi connectivity index (χ0n) is 18.7. The summed E-state index contributed by atoms with van der Waals surface area (Å²) < 4.78 is 12.2. The Bertz CT molecular complexity index is 1190. The summed E-state index contributed by atoms with van der Waals surface area (Å²) in [6.07, 6.45) is 15.2. The first-order valence-corrected chi connectivity index (χ1v) is 11.8. The number of thiophene rings is 1. The maximum Gasteiger partial charge on any atom is 0.330 e. The van der Waals surface area contributed by atoms with E-state index in [4.69, 9.17) is 4.74 Å². The Labute approximate surface area is 192 Å². The quantitative estimate of drug-likeness (QED) is 0.379. The molecule has 0 atom stereocenters. The number of phenolic OH excluding ortho intramolecular Hbond substituents is 1. The lowest BCUT2D eigenvalue weighted by molar-refractivity contribution is -0.134. The maximum absolute atomic E-state index is 11.3. The second-order valence-electron chi connectivity index (χ2n) is 8.30. The van der Waals surface area contributed by atoms with Gasteiger partial charge in [0, 0.05) is 22.6 Å². The minimum Gasteiger partial charge on any atom is -0.508 e. The van der Waals surface area contributed by atoms with Crippen LogP contribution in [0.1, 0.15) is 44.4 Å². The molecule has 1 aromatic carbocycles. The van der Waals surface area contributed by atoms with Crippen LogP contribution in [0.3, 0.4) is 0 Å². The molecule has 0 saturated heterocycles. The monoisotopic (exact) mass is 448 g/mol. The zero-order valence-corrected chi connectivity index (χ0v) is 19.5. The highest BCUT2D eigenvalue weighted by atomic mass is 32.1. The van der Waals surface area contributed by atoms with Crippen LogP contribution in [0.4, 0.5) is 0 Å². The number of ether oxygens (including phenoxy) is 2. The van der Waals surface area contributed by atoms with Gasteiger partial charge in [-0.25, -0.2) is 4.79 Å². The number of hydrogen-bond donors (Lipinski definition) is 1. The number of allylic oxidation sites excluding steroid dienone is 9. The topological polar surface area (TPSA) is 55.8 Å². The average Bonchev–Trinajstić information content (AvgIpc) is 3.15. The molecule has 0 fully saturated rings. The van der Waals surface area contributed by atoms with Gasteiger partial charge in [-0.05, 0) is 66.2 Å². The largest absolute Gasteiger partial charge is 0.508 e. The van der Waals surface area contributed by atoms with E-state index in [1.165, 1.54) is 24.3 Å². The summed E-state index contributed by atoms with van der Waals surface area (Å²) in [6, 6.07) is 5.47. The molecule has 1 N–H and O–H groups in total. The smallest absolute Gasteiger partial charge is 0.330 e. The third-order valence-electron chi connectivity index (χ3n) is 5.74. The van der Waals surface area contributed by atoms with Gasteiger partial charge in [0.1, 0.15) is 11.5 Å². The van der Waals surface area contributed by atoms with Gasteiger partial charge in [-0.1, -0.05) is 38.2 Å². The minimum absolute atomic E-state index is 0.264. The predicted molar refractivity (Wildman–Crippen MR) is 131 cm³/mol. The van der Waals surface area contributed by atoms with Crippen LogP contribution in [0.15, 0.2) is 71.6 Å². The Hall–Kier alpha value is -3.05. The van der Waals surface area contributed by atoms with Crippen molar-refractivity contribution in [1.29, 1.82) is 0 Å². The molecule has 2 aliphatic rings. The van der Waals surface area contributed by atoms with E-state index < -0.39 is 0 Å². The molecule has 0 radical (unpaired) electrons. The van der Waals surface area contributed by atoms with Crippen molar-refractivity contribution in [3.8, 4) is 11.5 Å². The zero-order chi connectivity index (χ0) is 22.7. The average molecular weight is 449 g/mol. The van der Waals surface area contributed by atoms with Gasteiger partial charge in [-0.2, -0.15) is 0 Å². The second-order valence-corrected chi connectivity index (χ2v) is 9.36. The number of benzene rings is 1. The van der Waals surface area contributed by atoms with Gasteiger partial charge in [-0.3, -0.25) is 0 Å². The van der Waals surface area contributed by atoms with E-state index in [1.807, 2.05) is 24.3 Å². The molecule has 0 aliphatic heterocycles. The molecular weight excluding hydrogens is 420 g/mol. The number of esters is 1. The highest BCUT2D eigenvalue weighted by Gasteiger charge is 2.23. The van der Waals surface area contributed by atoms with E-state index in [2.05, 4.69) is 30.7 Å². The minimum atomic E-state index is -0.356. The number of rotatable bonds is 6. The van der Waals surface area contributed by atoms with Crippen LogP contribution in [0, 0.1) is 5.92 Å². The third-order valence-corrected chi connectivity index (χ3v) is 6.94. The lowest BCUT2D eigenvalue weighted by Crippen LogP contribution is -2.04. The first-order valence-electron chi connectivity index (χ1n) is 11.0. The fourth-order valence-electron chi connectivity index (χ4n) is 4.06. The first-order chi connectivity index (χ1) is 15.5. The van der Waals surface area contributed by atoms with E-state index in [-0.39, 0.29) is 11.7 Å². The van der Waals surface area contributed by atoms with Crippen molar-refractivity contribution in [3.05, 3.63) is 76.4 Å². The fraction of sp³-hybridized carbons (Fsp3) is 0.296. The maximum atomic E-state index is 11.3. The van der Waals surface area contributed by atoms with Crippen molar-refractivity contribution in [1.82, 2.24) is 0 Å². The SMILES string of the molecule is COC(=O)/C=C/C1=CC=C(Oc2c(C3=C(C(C)C)C=CCC3)sc3cc(O)ccc23)CC1. The van der Waals surface area contributed by atoms with Gasteiger partial charge in [0.25, 0.3) is 0 Å². The number of hydrogen-bond acceptors (Lipinski definition) is 5. The lowest BCUT2D eigenvalue weighted by atomic mass is 9.89. The molecule has 32 heavy (non-hydrogen) atoms. The summed E-state index contributed by atoms with van der Waals surface area (Å²) in [5.74, 6) is 2.11. The van der Waals surface area contributed by atoms with Crippen LogP contribution < -0.4 is 4.74 Å². The van der Waals surface area contributed by atoms with Crippen LogP contribution in [0.25, 0.3) is 15.7 Å². The van der Waals surface area contributed by atoms with Crippen LogP contribution >= 0.6 is 11.3 Å². The van der Waals surface area contributed by atoms with Crippen molar-refractivity contribution in [2.45, 2.75) is 39.5 Å². The number of aromatic hydroxyl groups is 1. The summed E-state index contributed by atoms with van der Waals surface area (Å²) >= 11 is 1.69. The van der Waals surface area contributed by atoms with E-state index in [0.29, 0.717) is 5.92 Å². The van der Waals surface area contributed by atoms with E-state index in [0.717, 1.165) is 57.7 Å². The summed E-state index contributed by atoms with van der Waals surface area (Å²) in [4.78, 5) is 12.5. The van der Waals surface area contributed by atoms with Crippen molar-refractivity contribution in [2.24, 2.45) is 5.92 Å². The number of methoxy groups -OCH3 is 1. The fourth-order valence-corrected chi connectivity index (χ4v) is 5.32. The van der Waals surface area contributed by atoms with Gasteiger partial charge in [-0.15, -0.1) is 11.3 Å². The summed E-state index contributed by atoms with van der Waals surface area (Å²) in [5.41, 5.74) is 3.75. The summed E-state index contributed by atoms with van der Waals surface area (Å²) in [6.45, 7) is 4.45. The Morgan fingerprint density at radius 2 is 2.03 bits per heavy atom.